The maximum absolute atomic E-state index is 12.3. The second kappa shape index (κ2) is 6.48. The molecule has 0 fully saturated rings. The zero-order chi connectivity index (χ0) is 14.7. The Morgan fingerprint density at radius 2 is 1.90 bits per heavy atom. The second-order valence-corrected chi connectivity index (χ2v) is 5.63. The predicted molar refractivity (Wildman–Crippen MR) is 85.1 cm³/mol. The van der Waals surface area contributed by atoms with Crippen molar-refractivity contribution in [1.29, 1.82) is 0 Å². The quantitative estimate of drug-likeness (QED) is 0.819. The van der Waals surface area contributed by atoms with Gasteiger partial charge in [0.05, 0.1) is 17.2 Å². The van der Waals surface area contributed by atoms with E-state index in [0.29, 0.717) is 10.7 Å². The van der Waals surface area contributed by atoms with Gasteiger partial charge in [-0.05, 0) is 30.3 Å². The van der Waals surface area contributed by atoms with Crippen LogP contribution in [0.15, 0.2) is 40.9 Å². The van der Waals surface area contributed by atoms with Crippen molar-refractivity contribution < 1.29 is 9.53 Å². The van der Waals surface area contributed by atoms with E-state index in [9.17, 15) is 4.79 Å². The van der Waals surface area contributed by atoms with E-state index in [1.165, 1.54) is 7.11 Å². The van der Waals surface area contributed by atoms with Gasteiger partial charge in [-0.25, -0.2) is 0 Å². The summed E-state index contributed by atoms with van der Waals surface area (Å²) < 4.78 is 6.01. The highest BCUT2D eigenvalue weighted by molar-refractivity contribution is 9.10. The number of benzene rings is 2. The van der Waals surface area contributed by atoms with E-state index in [4.69, 9.17) is 27.9 Å². The third-order valence-corrected chi connectivity index (χ3v) is 3.68. The number of hydrogen-bond acceptors (Lipinski definition) is 2. The Labute approximate surface area is 135 Å². The molecule has 0 aliphatic carbocycles. The number of halogens is 3. The average Bonchev–Trinajstić information content (AvgIpc) is 2.40. The smallest absolute Gasteiger partial charge is 0.261 e. The lowest BCUT2D eigenvalue weighted by atomic mass is 10.1. The lowest BCUT2D eigenvalue weighted by molar-refractivity contribution is 0.102. The number of methoxy groups -OCH3 is 1. The SMILES string of the molecule is COc1c(Cl)ccc(Cl)c1C(=O)Nc1cccc(Br)c1. The van der Waals surface area contributed by atoms with Crippen molar-refractivity contribution in [1.82, 2.24) is 0 Å². The Balaban J connectivity index is 2.37. The van der Waals surface area contributed by atoms with Gasteiger partial charge in [-0.2, -0.15) is 0 Å². The molecule has 0 aliphatic heterocycles. The molecule has 20 heavy (non-hydrogen) atoms. The Bertz CT molecular complexity index is 662. The average molecular weight is 375 g/mol. The minimum absolute atomic E-state index is 0.210. The molecule has 1 N–H and O–H groups in total. The van der Waals surface area contributed by atoms with Crippen LogP contribution in [-0.2, 0) is 0 Å². The number of carbonyl (C=O) groups excluding carboxylic acids is 1. The normalized spacial score (nSPS) is 10.2. The molecule has 0 unspecified atom stereocenters. The van der Waals surface area contributed by atoms with Crippen molar-refractivity contribution in [2.45, 2.75) is 0 Å². The van der Waals surface area contributed by atoms with Gasteiger partial charge in [0, 0.05) is 10.2 Å². The molecule has 0 saturated heterocycles. The monoisotopic (exact) mass is 373 g/mol. The Kier molecular flexibility index (Phi) is 4.91. The lowest BCUT2D eigenvalue weighted by Gasteiger charge is -2.12. The fourth-order valence-electron chi connectivity index (χ4n) is 1.70. The minimum atomic E-state index is -0.382. The minimum Gasteiger partial charge on any atom is -0.494 e. The molecule has 104 valence electrons. The van der Waals surface area contributed by atoms with E-state index in [1.54, 1.807) is 24.3 Å². The largest absolute Gasteiger partial charge is 0.494 e. The van der Waals surface area contributed by atoms with E-state index < -0.39 is 0 Å². The van der Waals surface area contributed by atoms with Gasteiger partial charge in [-0.1, -0.05) is 45.2 Å². The molecule has 0 aliphatic rings. The maximum atomic E-state index is 12.3. The van der Waals surface area contributed by atoms with Crippen LogP contribution in [0, 0.1) is 0 Å². The van der Waals surface area contributed by atoms with Gasteiger partial charge in [0.1, 0.15) is 5.56 Å². The molecule has 0 aromatic heterocycles. The summed E-state index contributed by atoms with van der Waals surface area (Å²) in [5, 5.41) is 3.36. The van der Waals surface area contributed by atoms with Crippen molar-refractivity contribution in [3.8, 4) is 5.75 Å². The van der Waals surface area contributed by atoms with Crippen molar-refractivity contribution in [2.75, 3.05) is 12.4 Å². The second-order valence-electron chi connectivity index (χ2n) is 3.90. The number of ether oxygens (including phenoxy) is 1. The molecular weight excluding hydrogens is 365 g/mol. The molecule has 2 aromatic carbocycles. The van der Waals surface area contributed by atoms with Crippen molar-refractivity contribution >= 4 is 50.7 Å². The number of carbonyl (C=O) groups is 1. The summed E-state index contributed by atoms with van der Waals surface area (Å²) in [5.74, 6) is -0.126. The van der Waals surface area contributed by atoms with E-state index in [1.807, 2.05) is 12.1 Å². The molecule has 0 heterocycles. The van der Waals surface area contributed by atoms with E-state index in [2.05, 4.69) is 21.2 Å². The van der Waals surface area contributed by atoms with Gasteiger partial charge in [-0.3, -0.25) is 4.79 Å². The maximum Gasteiger partial charge on any atom is 0.261 e. The first-order chi connectivity index (χ1) is 9.52. The summed E-state index contributed by atoms with van der Waals surface area (Å²) in [6, 6.07) is 10.4. The van der Waals surface area contributed by atoms with Crippen LogP contribution in [0.2, 0.25) is 10.0 Å². The third-order valence-electron chi connectivity index (χ3n) is 2.57. The van der Waals surface area contributed by atoms with E-state index in [0.717, 1.165) is 4.47 Å². The molecule has 1 amide bonds. The van der Waals surface area contributed by atoms with Gasteiger partial charge >= 0.3 is 0 Å². The first-order valence-corrected chi connectivity index (χ1v) is 7.16. The van der Waals surface area contributed by atoms with Gasteiger partial charge in [0.15, 0.2) is 5.75 Å². The predicted octanol–water partition coefficient (Wildman–Crippen LogP) is 5.02. The molecule has 2 rings (SSSR count). The fourth-order valence-corrected chi connectivity index (χ4v) is 2.57. The van der Waals surface area contributed by atoms with E-state index >= 15 is 0 Å². The van der Waals surface area contributed by atoms with Crippen LogP contribution in [0.4, 0.5) is 5.69 Å². The van der Waals surface area contributed by atoms with E-state index in [-0.39, 0.29) is 22.2 Å². The summed E-state index contributed by atoms with van der Waals surface area (Å²) >= 11 is 15.4. The summed E-state index contributed by atoms with van der Waals surface area (Å²) in [6.07, 6.45) is 0. The summed E-state index contributed by atoms with van der Waals surface area (Å²) in [5.41, 5.74) is 0.851. The standard InChI is InChI=1S/C14H10BrCl2NO2/c1-20-13-11(17)6-5-10(16)12(13)14(19)18-9-4-2-3-8(15)7-9/h2-7H,1H3,(H,18,19). The number of hydrogen-bond donors (Lipinski definition) is 1. The molecular formula is C14H10BrCl2NO2. The summed E-state index contributed by atoms with van der Waals surface area (Å²) in [7, 11) is 1.44. The topological polar surface area (TPSA) is 38.3 Å². The van der Waals surface area contributed by atoms with Gasteiger partial charge < -0.3 is 10.1 Å². The van der Waals surface area contributed by atoms with Crippen LogP contribution in [0.25, 0.3) is 0 Å². The van der Waals surface area contributed by atoms with Crippen LogP contribution >= 0.6 is 39.1 Å². The van der Waals surface area contributed by atoms with Crippen LogP contribution in [0.3, 0.4) is 0 Å². The zero-order valence-corrected chi connectivity index (χ0v) is 13.5. The Morgan fingerprint density at radius 1 is 1.20 bits per heavy atom. The molecule has 0 spiro atoms. The fraction of sp³-hybridized carbons (Fsp3) is 0.0714. The van der Waals surface area contributed by atoms with Crippen LogP contribution in [0.1, 0.15) is 10.4 Å². The molecule has 3 nitrogen and oxygen atoms in total. The van der Waals surface area contributed by atoms with Gasteiger partial charge in [-0.15, -0.1) is 0 Å². The number of amides is 1. The van der Waals surface area contributed by atoms with Gasteiger partial charge in [0.2, 0.25) is 0 Å². The van der Waals surface area contributed by atoms with Crippen LogP contribution in [-0.4, -0.2) is 13.0 Å². The lowest BCUT2D eigenvalue weighted by Crippen LogP contribution is -2.14. The van der Waals surface area contributed by atoms with Crippen LogP contribution < -0.4 is 10.1 Å². The molecule has 0 atom stereocenters. The summed E-state index contributed by atoms with van der Waals surface area (Å²) in [6.45, 7) is 0. The van der Waals surface area contributed by atoms with Crippen molar-refractivity contribution in [3.63, 3.8) is 0 Å². The number of anilines is 1. The molecule has 0 saturated carbocycles. The highest BCUT2D eigenvalue weighted by Gasteiger charge is 2.19. The number of nitrogens with one attached hydrogen (secondary N) is 1. The Morgan fingerprint density at radius 3 is 2.55 bits per heavy atom. The molecule has 2 aromatic rings. The van der Waals surface area contributed by atoms with Gasteiger partial charge in [0.25, 0.3) is 5.91 Å². The zero-order valence-electron chi connectivity index (χ0n) is 10.4. The third kappa shape index (κ3) is 3.26. The first kappa shape index (κ1) is 15.2. The summed E-state index contributed by atoms with van der Waals surface area (Å²) in [4.78, 5) is 12.3. The first-order valence-electron chi connectivity index (χ1n) is 5.62. The van der Waals surface area contributed by atoms with Crippen molar-refractivity contribution in [3.05, 3.63) is 56.5 Å². The Hall–Kier alpha value is -1.23. The van der Waals surface area contributed by atoms with Crippen molar-refractivity contribution in [2.24, 2.45) is 0 Å². The van der Waals surface area contributed by atoms with Crippen LogP contribution in [0.5, 0.6) is 5.75 Å². The highest BCUT2D eigenvalue weighted by Crippen LogP contribution is 2.34. The highest BCUT2D eigenvalue weighted by atomic mass is 79.9. The molecule has 0 radical (unpaired) electrons. The molecule has 0 bridgehead atoms. The molecule has 6 heteroatoms. The number of rotatable bonds is 3.